The largest absolute Gasteiger partial charge is 0.489 e. The summed E-state index contributed by atoms with van der Waals surface area (Å²) in [6.45, 7) is 9.27. The van der Waals surface area contributed by atoms with E-state index in [4.69, 9.17) is 9.47 Å². The molecule has 0 saturated carbocycles. The van der Waals surface area contributed by atoms with Gasteiger partial charge in [-0.25, -0.2) is 8.42 Å². The highest BCUT2D eigenvalue weighted by Gasteiger charge is 2.50. The molecule has 0 bridgehead atoms. The maximum absolute atomic E-state index is 13.3. The summed E-state index contributed by atoms with van der Waals surface area (Å²) in [4.78, 5) is 11.9. The number of carbonyl (C=O) groups is 1. The SMILES string of the molecule is Cc1ccc(C)c(COc2ccc(S(=O)(=O)N3C[C@H](C)OC(C)(C)[C@@H]3C(=O)O)cc2)c1. The first kappa shape index (κ1) is 23.2. The smallest absolute Gasteiger partial charge is 0.325 e. The van der Waals surface area contributed by atoms with Gasteiger partial charge >= 0.3 is 5.97 Å². The fourth-order valence-corrected chi connectivity index (χ4v) is 5.72. The molecular weight excluding hydrogens is 418 g/mol. The molecule has 1 N–H and O–H groups in total. The number of carboxylic acids is 1. The second-order valence-electron chi connectivity index (χ2n) is 8.54. The van der Waals surface area contributed by atoms with Crippen LogP contribution in [0.2, 0.25) is 0 Å². The van der Waals surface area contributed by atoms with E-state index in [1.165, 1.54) is 12.1 Å². The zero-order valence-corrected chi connectivity index (χ0v) is 19.3. The van der Waals surface area contributed by atoms with Gasteiger partial charge in [0.2, 0.25) is 10.0 Å². The van der Waals surface area contributed by atoms with Crippen LogP contribution in [-0.4, -0.2) is 48.1 Å². The van der Waals surface area contributed by atoms with E-state index in [1.807, 2.05) is 26.0 Å². The molecule has 0 aliphatic carbocycles. The quantitative estimate of drug-likeness (QED) is 0.728. The molecule has 1 aliphatic heterocycles. The van der Waals surface area contributed by atoms with Crippen LogP contribution < -0.4 is 4.74 Å². The molecular formula is C23H29NO6S. The highest BCUT2D eigenvalue weighted by molar-refractivity contribution is 7.89. The molecule has 168 valence electrons. The maximum atomic E-state index is 13.3. The lowest BCUT2D eigenvalue weighted by atomic mass is 9.96. The predicted octanol–water partition coefficient (Wildman–Crippen LogP) is 3.52. The third-order valence-electron chi connectivity index (χ3n) is 5.45. The van der Waals surface area contributed by atoms with Crippen molar-refractivity contribution in [2.45, 2.75) is 63.9 Å². The molecule has 2 aromatic carbocycles. The summed E-state index contributed by atoms with van der Waals surface area (Å²) in [5.41, 5.74) is 2.16. The summed E-state index contributed by atoms with van der Waals surface area (Å²) in [6.07, 6.45) is -0.430. The monoisotopic (exact) mass is 447 g/mol. The Morgan fingerprint density at radius 1 is 1.19 bits per heavy atom. The van der Waals surface area contributed by atoms with Crippen molar-refractivity contribution in [3.05, 3.63) is 59.2 Å². The number of rotatable bonds is 6. The zero-order chi connectivity index (χ0) is 23.0. The molecule has 1 saturated heterocycles. The molecule has 0 spiro atoms. The van der Waals surface area contributed by atoms with Gasteiger partial charge in [0.25, 0.3) is 0 Å². The lowest BCUT2D eigenvalue weighted by Gasteiger charge is -2.45. The Bertz CT molecular complexity index is 1060. The normalized spacial score (nSPS) is 21.6. The van der Waals surface area contributed by atoms with E-state index in [-0.39, 0.29) is 11.4 Å². The van der Waals surface area contributed by atoms with Gasteiger partial charge in [-0.15, -0.1) is 0 Å². The van der Waals surface area contributed by atoms with Crippen LogP contribution in [0.5, 0.6) is 5.75 Å². The minimum Gasteiger partial charge on any atom is -0.489 e. The highest BCUT2D eigenvalue weighted by atomic mass is 32.2. The summed E-state index contributed by atoms with van der Waals surface area (Å²) >= 11 is 0. The predicted molar refractivity (Wildman–Crippen MR) is 117 cm³/mol. The third-order valence-corrected chi connectivity index (χ3v) is 7.30. The van der Waals surface area contributed by atoms with Crippen molar-refractivity contribution in [2.24, 2.45) is 0 Å². The van der Waals surface area contributed by atoms with Crippen LogP contribution >= 0.6 is 0 Å². The minimum absolute atomic E-state index is 0.0164. The van der Waals surface area contributed by atoms with Crippen LogP contribution in [0.15, 0.2) is 47.4 Å². The van der Waals surface area contributed by atoms with Crippen LogP contribution in [-0.2, 0) is 26.2 Å². The number of hydrogen-bond acceptors (Lipinski definition) is 5. The van der Waals surface area contributed by atoms with Crippen molar-refractivity contribution in [2.75, 3.05) is 6.54 Å². The van der Waals surface area contributed by atoms with Crippen molar-refractivity contribution in [1.29, 1.82) is 0 Å². The molecule has 0 aromatic heterocycles. The molecule has 1 fully saturated rings. The molecule has 0 amide bonds. The van der Waals surface area contributed by atoms with Gasteiger partial charge in [0, 0.05) is 6.54 Å². The van der Waals surface area contributed by atoms with Crippen molar-refractivity contribution >= 4 is 16.0 Å². The second kappa shape index (κ2) is 8.61. The Balaban J connectivity index is 1.81. The first-order chi connectivity index (χ1) is 14.4. The first-order valence-electron chi connectivity index (χ1n) is 10.1. The Morgan fingerprint density at radius 2 is 1.84 bits per heavy atom. The molecule has 3 rings (SSSR count). The molecule has 8 heteroatoms. The van der Waals surface area contributed by atoms with Crippen LogP contribution in [0.4, 0.5) is 0 Å². The minimum atomic E-state index is -4.04. The standard InChI is InChI=1S/C23H29NO6S/c1-15-6-7-16(2)18(12-15)14-29-19-8-10-20(11-9-19)31(27,28)24-13-17(3)30-23(4,5)21(24)22(25)26/h6-12,17,21H,13-14H2,1-5H3,(H,25,26)/t17-,21-/m0/s1. The third kappa shape index (κ3) is 4.92. The molecule has 2 aromatic rings. The maximum Gasteiger partial charge on any atom is 0.325 e. The van der Waals surface area contributed by atoms with Crippen LogP contribution in [0, 0.1) is 13.8 Å². The Kier molecular flexibility index (Phi) is 6.45. The molecule has 0 unspecified atom stereocenters. The van der Waals surface area contributed by atoms with Crippen LogP contribution in [0.3, 0.4) is 0 Å². The fraction of sp³-hybridized carbons (Fsp3) is 0.435. The van der Waals surface area contributed by atoms with Gasteiger partial charge in [-0.2, -0.15) is 4.31 Å². The number of morpholine rings is 1. The van der Waals surface area contributed by atoms with Gasteiger partial charge in [0.15, 0.2) is 6.04 Å². The summed E-state index contributed by atoms with van der Waals surface area (Å²) in [5.74, 6) is -0.709. The number of aliphatic carboxylic acids is 1. The van der Waals surface area contributed by atoms with Gasteiger partial charge < -0.3 is 14.6 Å². The summed E-state index contributed by atoms with van der Waals surface area (Å²) in [6, 6.07) is 10.9. The van der Waals surface area contributed by atoms with E-state index in [2.05, 4.69) is 6.07 Å². The fourth-order valence-electron chi connectivity index (χ4n) is 3.94. The van der Waals surface area contributed by atoms with Gasteiger partial charge in [-0.05, 0) is 70.0 Å². The van der Waals surface area contributed by atoms with Crippen molar-refractivity contribution < 1.29 is 27.8 Å². The average Bonchev–Trinajstić information content (AvgIpc) is 2.67. The van der Waals surface area contributed by atoms with Crippen molar-refractivity contribution in [1.82, 2.24) is 4.31 Å². The van der Waals surface area contributed by atoms with E-state index in [0.29, 0.717) is 12.4 Å². The van der Waals surface area contributed by atoms with Crippen molar-refractivity contribution in [3.63, 3.8) is 0 Å². The van der Waals surface area contributed by atoms with Crippen LogP contribution in [0.25, 0.3) is 0 Å². The number of aryl methyl sites for hydroxylation is 2. The summed E-state index contributed by atoms with van der Waals surface area (Å²) in [7, 11) is -4.04. The number of nitrogens with zero attached hydrogens (tertiary/aromatic N) is 1. The Hall–Kier alpha value is -2.42. The van der Waals surface area contributed by atoms with Gasteiger partial charge in [0.05, 0.1) is 16.6 Å². The highest BCUT2D eigenvalue weighted by Crippen LogP contribution is 2.33. The molecule has 0 radical (unpaired) electrons. The first-order valence-corrected chi connectivity index (χ1v) is 11.6. The van der Waals surface area contributed by atoms with E-state index in [9.17, 15) is 18.3 Å². The summed E-state index contributed by atoms with van der Waals surface area (Å²) < 4.78 is 39.1. The van der Waals surface area contributed by atoms with Gasteiger partial charge in [-0.1, -0.05) is 23.8 Å². The summed E-state index contributed by atoms with van der Waals surface area (Å²) in [5, 5.41) is 9.70. The lowest BCUT2D eigenvalue weighted by molar-refractivity contribution is -0.174. The van der Waals surface area contributed by atoms with Gasteiger partial charge in [0.1, 0.15) is 12.4 Å². The van der Waals surface area contributed by atoms with Crippen molar-refractivity contribution in [3.8, 4) is 5.75 Å². The van der Waals surface area contributed by atoms with E-state index < -0.39 is 33.7 Å². The van der Waals surface area contributed by atoms with E-state index in [0.717, 1.165) is 21.0 Å². The number of ether oxygens (including phenoxy) is 2. The second-order valence-corrected chi connectivity index (χ2v) is 10.4. The molecule has 7 nitrogen and oxygen atoms in total. The van der Waals surface area contributed by atoms with E-state index in [1.54, 1.807) is 32.9 Å². The average molecular weight is 448 g/mol. The van der Waals surface area contributed by atoms with Gasteiger partial charge in [-0.3, -0.25) is 4.79 Å². The Morgan fingerprint density at radius 3 is 2.45 bits per heavy atom. The van der Waals surface area contributed by atoms with E-state index >= 15 is 0 Å². The zero-order valence-electron chi connectivity index (χ0n) is 18.5. The molecule has 2 atom stereocenters. The molecule has 31 heavy (non-hydrogen) atoms. The number of hydrogen-bond donors (Lipinski definition) is 1. The number of sulfonamides is 1. The molecule has 1 aliphatic rings. The lowest BCUT2D eigenvalue weighted by Crippen LogP contribution is -2.63. The van der Waals surface area contributed by atoms with Crippen LogP contribution in [0.1, 0.15) is 37.5 Å². The Labute approximate surface area is 183 Å². The number of benzene rings is 2. The molecule has 1 heterocycles. The topological polar surface area (TPSA) is 93.1 Å². The number of carboxylic acid groups (broad SMARTS) is 1.